The van der Waals surface area contributed by atoms with Crippen molar-refractivity contribution in [3.8, 4) is 0 Å². The van der Waals surface area contributed by atoms with E-state index in [0.29, 0.717) is 17.3 Å². The Hall–Kier alpha value is -0.800. The van der Waals surface area contributed by atoms with Crippen LogP contribution in [0.2, 0.25) is 5.02 Å². The van der Waals surface area contributed by atoms with Gasteiger partial charge in [0.15, 0.2) is 0 Å². The molecule has 96 valence electrons. The summed E-state index contributed by atoms with van der Waals surface area (Å²) in [5.41, 5.74) is 0.561. The molecule has 17 heavy (non-hydrogen) atoms. The van der Waals surface area contributed by atoms with Crippen molar-refractivity contribution in [3.63, 3.8) is 0 Å². The first-order valence-electron chi connectivity index (χ1n) is 5.86. The molecular weight excluding hydrogens is 241 g/mol. The number of aliphatic hydroxyl groups excluding tert-OH is 1. The van der Waals surface area contributed by atoms with Crippen molar-refractivity contribution in [1.82, 2.24) is 0 Å². The Bertz CT molecular complexity index is 358. The van der Waals surface area contributed by atoms with Crippen LogP contribution in [0.4, 0.5) is 10.1 Å². The van der Waals surface area contributed by atoms with E-state index < -0.39 is 0 Å². The highest BCUT2D eigenvalue weighted by Crippen LogP contribution is 2.28. The van der Waals surface area contributed by atoms with Crippen molar-refractivity contribution in [2.45, 2.75) is 26.7 Å². The van der Waals surface area contributed by atoms with E-state index in [1.165, 1.54) is 12.1 Å². The van der Waals surface area contributed by atoms with Gasteiger partial charge < -0.3 is 10.4 Å². The number of rotatable bonds is 6. The Morgan fingerprint density at radius 3 is 2.47 bits per heavy atom. The molecule has 0 saturated heterocycles. The van der Waals surface area contributed by atoms with Gasteiger partial charge in [0, 0.05) is 12.0 Å². The summed E-state index contributed by atoms with van der Waals surface area (Å²) in [7, 11) is 0. The van der Waals surface area contributed by atoms with Crippen molar-refractivity contribution in [1.29, 1.82) is 0 Å². The van der Waals surface area contributed by atoms with E-state index in [1.807, 2.05) is 13.8 Å². The van der Waals surface area contributed by atoms with Gasteiger partial charge in [-0.15, -0.1) is 0 Å². The smallest absolute Gasteiger partial charge is 0.124 e. The first-order chi connectivity index (χ1) is 8.06. The monoisotopic (exact) mass is 259 g/mol. The summed E-state index contributed by atoms with van der Waals surface area (Å²) in [4.78, 5) is 0. The standard InChI is InChI=1S/C13H19ClFNO/c1-3-13(4-2,9-17)8-16-12-6-5-10(15)7-11(12)14/h5-7,16-17H,3-4,8-9H2,1-2H3. The predicted molar refractivity (Wildman–Crippen MR) is 70.0 cm³/mol. The summed E-state index contributed by atoms with van der Waals surface area (Å²) in [5.74, 6) is -0.347. The van der Waals surface area contributed by atoms with Crippen molar-refractivity contribution in [3.05, 3.63) is 29.0 Å². The van der Waals surface area contributed by atoms with Crippen molar-refractivity contribution < 1.29 is 9.50 Å². The van der Waals surface area contributed by atoms with Crippen LogP contribution < -0.4 is 5.32 Å². The zero-order chi connectivity index (χ0) is 12.9. The Labute approximate surface area is 107 Å². The van der Waals surface area contributed by atoms with Crippen LogP contribution in [0.25, 0.3) is 0 Å². The topological polar surface area (TPSA) is 32.3 Å². The highest BCUT2D eigenvalue weighted by molar-refractivity contribution is 6.33. The maximum absolute atomic E-state index is 12.9. The number of benzene rings is 1. The molecule has 0 radical (unpaired) electrons. The van der Waals surface area contributed by atoms with Crippen molar-refractivity contribution in [2.75, 3.05) is 18.5 Å². The minimum Gasteiger partial charge on any atom is -0.396 e. The van der Waals surface area contributed by atoms with Gasteiger partial charge in [-0.2, -0.15) is 0 Å². The first kappa shape index (κ1) is 14.3. The second-order valence-electron chi connectivity index (χ2n) is 4.34. The average molecular weight is 260 g/mol. The predicted octanol–water partition coefficient (Wildman–Crippen LogP) is 3.69. The summed E-state index contributed by atoms with van der Waals surface area (Å²) in [5, 5.41) is 13.0. The second-order valence-corrected chi connectivity index (χ2v) is 4.75. The molecule has 0 heterocycles. The van der Waals surface area contributed by atoms with Gasteiger partial charge in [-0.25, -0.2) is 4.39 Å². The van der Waals surface area contributed by atoms with E-state index >= 15 is 0 Å². The SMILES string of the molecule is CCC(CC)(CO)CNc1ccc(F)cc1Cl. The summed E-state index contributed by atoms with van der Waals surface area (Å²) in [6.45, 7) is 4.86. The molecule has 0 spiro atoms. The molecule has 0 aliphatic rings. The highest BCUT2D eigenvalue weighted by atomic mass is 35.5. The molecule has 4 heteroatoms. The maximum Gasteiger partial charge on any atom is 0.124 e. The van der Waals surface area contributed by atoms with Gasteiger partial charge in [0.25, 0.3) is 0 Å². The molecule has 0 amide bonds. The second kappa shape index (κ2) is 6.22. The maximum atomic E-state index is 12.9. The van der Waals surface area contributed by atoms with Crippen molar-refractivity contribution in [2.24, 2.45) is 5.41 Å². The van der Waals surface area contributed by atoms with Crippen LogP contribution >= 0.6 is 11.6 Å². The Morgan fingerprint density at radius 2 is 2.00 bits per heavy atom. The molecule has 1 aromatic rings. The van der Waals surface area contributed by atoms with Crippen LogP contribution in [0.1, 0.15) is 26.7 Å². The van der Waals surface area contributed by atoms with Gasteiger partial charge in [-0.1, -0.05) is 25.4 Å². The lowest BCUT2D eigenvalue weighted by molar-refractivity contribution is 0.127. The fourth-order valence-electron chi connectivity index (χ4n) is 1.70. The Morgan fingerprint density at radius 1 is 1.35 bits per heavy atom. The lowest BCUT2D eigenvalue weighted by atomic mass is 9.83. The highest BCUT2D eigenvalue weighted by Gasteiger charge is 2.25. The Kier molecular flexibility index (Phi) is 5.22. The molecule has 1 rings (SSSR count). The molecule has 0 fully saturated rings. The largest absolute Gasteiger partial charge is 0.396 e. The average Bonchev–Trinajstić information content (AvgIpc) is 2.33. The van der Waals surface area contributed by atoms with E-state index in [1.54, 1.807) is 6.07 Å². The molecule has 0 saturated carbocycles. The lowest BCUT2D eigenvalue weighted by Crippen LogP contribution is -2.32. The lowest BCUT2D eigenvalue weighted by Gasteiger charge is -2.30. The van der Waals surface area contributed by atoms with E-state index in [4.69, 9.17) is 11.6 Å². The van der Waals surface area contributed by atoms with Gasteiger partial charge >= 0.3 is 0 Å². The van der Waals surface area contributed by atoms with E-state index in [-0.39, 0.29) is 17.8 Å². The molecule has 0 aliphatic heterocycles. The molecule has 2 nitrogen and oxygen atoms in total. The molecular formula is C13H19ClFNO. The van der Waals surface area contributed by atoms with Gasteiger partial charge in [0.2, 0.25) is 0 Å². The summed E-state index contributed by atoms with van der Waals surface area (Å²) < 4.78 is 12.9. The third-order valence-electron chi connectivity index (χ3n) is 3.42. The molecule has 2 N–H and O–H groups in total. The van der Waals surface area contributed by atoms with E-state index in [2.05, 4.69) is 5.32 Å². The van der Waals surface area contributed by atoms with Crippen LogP contribution in [-0.2, 0) is 0 Å². The fraction of sp³-hybridized carbons (Fsp3) is 0.538. The zero-order valence-electron chi connectivity index (χ0n) is 10.3. The van der Waals surface area contributed by atoms with Gasteiger partial charge in [0.05, 0.1) is 17.3 Å². The number of nitrogens with one attached hydrogen (secondary N) is 1. The first-order valence-corrected chi connectivity index (χ1v) is 6.24. The number of anilines is 1. The number of hydrogen-bond acceptors (Lipinski definition) is 2. The van der Waals surface area contributed by atoms with Crippen LogP contribution in [0.15, 0.2) is 18.2 Å². The van der Waals surface area contributed by atoms with Crippen LogP contribution in [0, 0.1) is 11.2 Å². The molecule has 0 aliphatic carbocycles. The molecule has 0 aromatic heterocycles. The van der Waals surface area contributed by atoms with E-state index in [0.717, 1.165) is 12.8 Å². The number of aliphatic hydroxyl groups is 1. The third-order valence-corrected chi connectivity index (χ3v) is 3.73. The molecule has 1 aromatic carbocycles. The summed E-state index contributed by atoms with van der Waals surface area (Å²) in [6.07, 6.45) is 1.76. The Balaban J connectivity index is 2.72. The van der Waals surface area contributed by atoms with Gasteiger partial charge in [-0.3, -0.25) is 0 Å². The normalized spacial score (nSPS) is 11.6. The van der Waals surface area contributed by atoms with Gasteiger partial charge in [0.1, 0.15) is 5.82 Å². The van der Waals surface area contributed by atoms with Crippen molar-refractivity contribution >= 4 is 17.3 Å². The van der Waals surface area contributed by atoms with Crippen LogP contribution in [0.5, 0.6) is 0 Å². The summed E-state index contributed by atoms with van der Waals surface area (Å²) in [6, 6.07) is 4.26. The molecule has 0 unspecified atom stereocenters. The number of halogens is 2. The zero-order valence-corrected chi connectivity index (χ0v) is 11.0. The fourth-order valence-corrected chi connectivity index (χ4v) is 1.93. The van der Waals surface area contributed by atoms with Crippen LogP contribution in [0.3, 0.4) is 0 Å². The molecule has 0 atom stereocenters. The summed E-state index contributed by atoms with van der Waals surface area (Å²) >= 11 is 5.92. The quantitative estimate of drug-likeness (QED) is 0.817. The molecule has 0 bridgehead atoms. The third kappa shape index (κ3) is 3.58. The van der Waals surface area contributed by atoms with Gasteiger partial charge in [-0.05, 0) is 31.0 Å². The van der Waals surface area contributed by atoms with E-state index in [9.17, 15) is 9.50 Å². The van der Waals surface area contributed by atoms with Crippen LogP contribution in [-0.4, -0.2) is 18.3 Å². The number of hydrogen-bond donors (Lipinski definition) is 2. The minimum atomic E-state index is -0.347. The minimum absolute atomic E-state index is 0.131.